The molecule has 7 heteroatoms. The van der Waals surface area contributed by atoms with Crippen LogP contribution in [-0.2, 0) is 6.54 Å². The van der Waals surface area contributed by atoms with E-state index in [4.69, 9.17) is 29.6 Å². The standard InChI is InChI=1S/C14H12ClFN2OS2/c1-7-6-21-12(11(7)15)14(19)18-5-9-3-2-8(13(17)20)4-10(9)16/h2-4,6H,5H2,1H3,(H2,17,20)(H,18,19). The van der Waals surface area contributed by atoms with Gasteiger partial charge >= 0.3 is 0 Å². The highest BCUT2D eigenvalue weighted by atomic mass is 35.5. The molecule has 2 aromatic rings. The van der Waals surface area contributed by atoms with Crippen LogP contribution in [0.5, 0.6) is 0 Å². The van der Waals surface area contributed by atoms with Crippen molar-refractivity contribution in [2.75, 3.05) is 0 Å². The molecule has 0 aliphatic carbocycles. The smallest absolute Gasteiger partial charge is 0.263 e. The lowest BCUT2D eigenvalue weighted by molar-refractivity contribution is 0.0955. The molecule has 0 bridgehead atoms. The average molecular weight is 343 g/mol. The van der Waals surface area contributed by atoms with Crippen LogP contribution in [0.25, 0.3) is 0 Å². The summed E-state index contributed by atoms with van der Waals surface area (Å²) in [4.78, 5) is 12.5. The van der Waals surface area contributed by atoms with Crippen molar-refractivity contribution < 1.29 is 9.18 Å². The lowest BCUT2D eigenvalue weighted by Gasteiger charge is -2.07. The molecule has 1 aromatic carbocycles. The molecule has 1 heterocycles. The first-order valence-corrected chi connectivity index (χ1v) is 7.66. The van der Waals surface area contributed by atoms with Gasteiger partial charge in [-0.3, -0.25) is 4.79 Å². The third-order valence-electron chi connectivity index (χ3n) is 2.88. The Bertz CT molecular complexity index is 715. The zero-order valence-corrected chi connectivity index (χ0v) is 13.5. The summed E-state index contributed by atoms with van der Waals surface area (Å²) in [6.07, 6.45) is 0. The molecular formula is C14H12ClFN2OS2. The van der Waals surface area contributed by atoms with Crippen molar-refractivity contribution in [1.29, 1.82) is 0 Å². The topological polar surface area (TPSA) is 55.1 Å². The van der Waals surface area contributed by atoms with Gasteiger partial charge in [-0.25, -0.2) is 4.39 Å². The molecular weight excluding hydrogens is 331 g/mol. The second kappa shape index (κ2) is 6.51. The fourth-order valence-electron chi connectivity index (χ4n) is 1.68. The highest BCUT2D eigenvalue weighted by Gasteiger charge is 2.15. The number of amides is 1. The third-order valence-corrected chi connectivity index (χ3v) is 4.81. The molecule has 0 aliphatic heterocycles. The number of aryl methyl sites for hydroxylation is 1. The van der Waals surface area contributed by atoms with Crippen molar-refractivity contribution in [3.05, 3.63) is 56.0 Å². The molecule has 0 radical (unpaired) electrons. The Labute approximate surface area is 135 Å². The molecule has 1 aromatic heterocycles. The zero-order valence-electron chi connectivity index (χ0n) is 11.1. The second-order valence-electron chi connectivity index (χ2n) is 4.41. The number of carbonyl (C=O) groups excluding carboxylic acids is 1. The van der Waals surface area contributed by atoms with Gasteiger partial charge in [0.1, 0.15) is 15.7 Å². The summed E-state index contributed by atoms with van der Waals surface area (Å²) < 4.78 is 13.9. The molecule has 3 nitrogen and oxygen atoms in total. The van der Waals surface area contributed by atoms with Crippen molar-refractivity contribution in [2.45, 2.75) is 13.5 Å². The molecule has 0 saturated carbocycles. The maximum absolute atomic E-state index is 13.9. The summed E-state index contributed by atoms with van der Waals surface area (Å²) in [5, 5.41) is 4.87. The molecule has 0 saturated heterocycles. The van der Waals surface area contributed by atoms with Crippen LogP contribution in [0.4, 0.5) is 4.39 Å². The predicted octanol–water partition coefficient (Wildman–Crippen LogP) is 3.41. The van der Waals surface area contributed by atoms with Crippen molar-refractivity contribution in [1.82, 2.24) is 5.32 Å². The molecule has 110 valence electrons. The Morgan fingerprint density at radius 1 is 1.52 bits per heavy atom. The van der Waals surface area contributed by atoms with E-state index in [1.807, 2.05) is 6.92 Å². The normalized spacial score (nSPS) is 10.4. The van der Waals surface area contributed by atoms with E-state index < -0.39 is 5.82 Å². The number of hydrogen-bond acceptors (Lipinski definition) is 3. The van der Waals surface area contributed by atoms with Crippen LogP contribution in [0.15, 0.2) is 23.6 Å². The number of carbonyl (C=O) groups is 1. The SMILES string of the molecule is Cc1csc(C(=O)NCc2ccc(C(N)=S)cc2F)c1Cl. The van der Waals surface area contributed by atoms with Crippen molar-refractivity contribution in [3.8, 4) is 0 Å². The Kier molecular flexibility index (Phi) is 4.92. The van der Waals surface area contributed by atoms with Crippen LogP contribution in [0.1, 0.15) is 26.4 Å². The number of rotatable bonds is 4. The van der Waals surface area contributed by atoms with Gasteiger partial charge in [-0.1, -0.05) is 36.0 Å². The van der Waals surface area contributed by atoms with Gasteiger partial charge in [-0.2, -0.15) is 0 Å². The monoisotopic (exact) mass is 342 g/mol. The minimum Gasteiger partial charge on any atom is -0.389 e. The summed E-state index contributed by atoms with van der Waals surface area (Å²) in [5.41, 5.74) is 7.09. The van der Waals surface area contributed by atoms with Crippen LogP contribution in [0.3, 0.4) is 0 Å². The number of thiophene rings is 1. The number of thiocarbonyl (C=S) groups is 1. The van der Waals surface area contributed by atoms with E-state index in [1.54, 1.807) is 17.5 Å². The van der Waals surface area contributed by atoms with Gasteiger partial charge in [0.25, 0.3) is 5.91 Å². The minimum atomic E-state index is -0.464. The molecule has 0 aliphatic rings. The summed E-state index contributed by atoms with van der Waals surface area (Å²) in [5.74, 6) is -0.787. The van der Waals surface area contributed by atoms with Crippen LogP contribution in [0, 0.1) is 12.7 Å². The van der Waals surface area contributed by atoms with E-state index >= 15 is 0 Å². The first-order valence-electron chi connectivity index (χ1n) is 6.00. The van der Waals surface area contributed by atoms with E-state index in [0.29, 0.717) is 21.0 Å². The molecule has 0 spiro atoms. The number of nitrogens with one attached hydrogen (secondary N) is 1. The summed E-state index contributed by atoms with van der Waals surface area (Å²) in [6, 6.07) is 4.42. The number of halogens is 2. The van der Waals surface area contributed by atoms with Crippen LogP contribution in [0.2, 0.25) is 5.02 Å². The zero-order chi connectivity index (χ0) is 15.6. The fourth-order valence-corrected chi connectivity index (χ4v) is 3.00. The van der Waals surface area contributed by atoms with Crippen LogP contribution >= 0.6 is 35.2 Å². The molecule has 0 atom stereocenters. The number of hydrogen-bond donors (Lipinski definition) is 2. The first-order chi connectivity index (χ1) is 9.90. The summed E-state index contributed by atoms with van der Waals surface area (Å²) in [7, 11) is 0. The number of nitrogens with two attached hydrogens (primary N) is 1. The van der Waals surface area contributed by atoms with Crippen LogP contribution < -0.4 is 11.1 Å². The van der Waals surface area contributed by atoms with Gasteiger partial charge in [0.2, 0.25) is 0 Å². The van der Waals surface area contributed by atoms with Crippen molar-refractivity contribution in [3.63, 3.8) is 0 Å². The summed E-state index contributed by atoms with van der Waals surface area (Å²) >= 11 is 12.1. The Balaban J connectivity index is 2.08. The average Bonchev–Trinajstić information content (AvgIpc) is 2.77. The van der Waals surface area contributed by atoms with Gasteiger partial charge in [0.15, 0.2) is 0 Å². The minimum absolute atomic E-state index is 0.0650. The fraction of sp³-hybridized carbons (Fsp3) is 0.143. The van der Waals surface area contributed by atoms with Gasteiger partial charge in [-0.15, -0.1) is 11.3 Å². The van der Waals surface area contributed by atoms with E-state index in [-0.39, 0.29) is 17.4 Å². The van der Waals surface area contributed by atoms with E-state index in [0.717, 1.165) is 5.56 Å². The van der Waals surface area contributed by atoms with E-state index in [1.165, 1.54) is 17.4 Å². The Morgan fingerprint density at radius 3 is 2.76 bits per heavy atom. The second-order valence-corrected chi connectivity index (χ2v) is 6.11. The molecule has 0 unspecified atom stereocenters. The van der Waals surface area contributed by atoms with Gasteiger partial charge in [-0.05, 0) is 23.9 Å². The number of benzene rings is 1. The first kappa shape index (κ1) is 15.9. The molecule has 21 heavy (non-hydrogen) atoms. The quantitative estimate of drug-likeness (QED) is 0.837. The maximum atomic E-state index is 13.9. The van der Waals surface area contributed by atoms with E-state index in [9.17, 15) is 9.18 Å². The molecule has 1 amide bonds. The third kappa shape index (κ3) is 3.58. The van der Waals surface area contributed by atoms with Gasteiger partial charge < -0.3 is 11.1 Å². The molecule has 2 rings (SSSR count). The maximum Gasteiger partial charge on any atom is 0.263 e. The molecule has 0 fully saturated rings. The van der Waals surface area contributed by atoms with Crippen molar-refractivity contribution in [2.24, 2.45) is 5.73 Å². The van der Waals surface area contributed by atoms with Gasteiger partial charge in [0, 0.05) is 17.7 Å². The lowest BCUT2D eigenvalue weighted by Crippen LogP contribution is -2.23. The highest BCUT2D eigenvalue weighted by Crippen LogP contribution is 2.27. The van der Waals surface area contributed by atoms with Crippen molar-refractivity contribution >= 4 is 46.1 Å². The highest BCUT2D eigenvalue weighted by molar-refractivity contribution is 7.80. The van der Waals surface area contributed by atoms with Gasteiger partial charge in [0.05, 0.1) is 5.02 Å². The van der Waals surface area contributed by atoms with E-state index in [2.05, 4.69) is 5.32 Å². The predicted molar refractivity (Wildman–Crippen MR) is 87.5 cm³/mol. The lowest BCUT2D eigenvalue weighted by atomic mass is 10.1. The largest absolute Gasteiger partial charge is 0.389 e. The molecule has 3 N–H and O–H groups in total. The Morgan fingerprint density at radius 2 is 2.24 bits per heavy atom. The van der Waals surface area contributed by atoms with Crippen LogP contribution in [-0.4, -0.2) is 10.9 Å². The summed E-state index contributed by atoms with van der Waals surface area (Å²) in [6.45, 7) is 1.89. The Hall–Kier alpha value is -1.50.